The van der Waals surface area contributed by atoms with Crippen molar-refractivity contribution in [3.63, 3.8) is 0 Å². The Bertz CT molecular complexity index is 626. The summed E-state index contributed by atoms with van der Waals surface area (Å²) in [5, 5.41) is 2.58. The Morgan fingerprint density at radius 3 is 2.58 bits per heavy atom. The summed E-state index contributed by atoms with van der Waals surface area (Å²) in [6, 6.07) is 10.9. The summed E-state index contributed by atoms with van der Waals surface area (Å²) in [6.45, 7) is 6.78. The lowest BCUT2D eigenvalue weighted by atomic mass is 9.87. The van der Waals surface area contributed by atoms with Gasteiger partial charge in [0.2, 0.25) is 11.8 Å². The van der Waals surface area contributed by atoms with E-state index in [2.05, 4.69) is 41.4 Å². The molecule has 2 aliphatic heterocycles. The van der Waals surface area contributed by atoms with E-state index in [0.29, 0.717) is 19.1 Å². The van der Waals surface area contributed by atoms with Crippen molar-refractivity contribution in [1.29, 1.82) is 0 Å². The topological polar surface area (TPSA) is 61.9 Å². The summed E-state index contributed by atoms with van der Waals surface area (Å²) < 4.78 is 6.28. The van der Waals surface area contributed by atoms with Crippen LogP contribution < -0.4 is 10.2 Å². The number of amides is 2. The first-order valence-electron chi connectivity index (χ1n) is 9.51. The van der Waals surface area contributed by atoms with E-state index in [0.717, 1.165) is 32.4 Å². The Morgan fingerprint density at radius 1 is 1.27 bits per heavy atom. The van der Waals surface area contributed by atoms with Crippen LogP contribution in [0.5, 0.6) is 0 Å². The second-order valence-corrected chi connectivity index (χ2v) is 7.26. The SMILES string of the molecule is CCN(c1ccccc1)[C@H]1COC2(CCN(C(=O)CNC(C)=O)CC2)C1. The summed E-state index contributed by atoms with van der Waals surface area (Å²) in [6.07, 6.45) is 2.73. The van der Waals surface area contributed by atoms with Crippen LogP contribution in [0.25, 0.3) is 0 Å². The third-order valence-electron chi connectivity index (χ3n) is 5.57. The normalized spacial score (nSPS) is 21.6. The number of hydrogen-bond acceptors (Lipinski definition) is 4. The van der Waals surface area contributed by atoms with Crippen molar-refractivity contribution in [1.82, 2.24) is 10.2 Å². The molecule has 2 fully saturated rings. The van der Waals surface area contributed by atoms with Crippen LogP contribution in [0, 0.1) is 0 Å². The first-order chi connectivity index (χ1) is 12.5. The molecule has 1 atom stereocenters. The molecule has 0 saturated carbocycles. The first-order valence-corrected chi connectivity index (χ1v) is 9.51. The lowest BCUT2D eigenvalue weighted by Gasteiger charge is -2.39. The van der Waals surface area contributed by atoms with Crippen molar-refractivity contribution in [2.45, 2.75) is 44.8 Å². The van der Waals surface area contributed by atoms with Crippen LogP contribution in [0.4, 0.5) is 5.69 Å². The van der Waals surface area contributed by atoms with Gasteiger partial charge in [0, 0.05) is 32.2 Å². The largest absolute Gasteiger partial charge is 0.373 e. The van der Waals surface area contributed by atoms with Gasteiger partial charge < -0.3 is 19.9 Å². The summed E-state index contributed by atoms with van der Waals surface area (Å²) in [5.41, 5.74) is 1.13. The molecule has 2 heterocycles. The van der Waals surface area contributed by atoms with Crippen LogP contribution >= 0.6 is 0 Å². The minimum Gasteiger partial charge on any atom is -0.373 e. The van der Waals surface area contributed by atoms with E-state index in [4.69, 9.17) is 4.74 Å². The standard InChI is InChI=1S/C20H29N3O3/c1-3-23(17-7-5-4-6-8-17)18-13-20(26-15-18)9-11-22(12-10-20)19(25)14-21-16(2)24/h4-8,18H,3,9-15H2,1-2H3,(H,21,24)/t18-/m1/s1. The zero-order valence-electron chi connectivity index (χ0n) is 15.7. The van der Waals surface area contributed by atoms with Crippen molar-refractivity contribution >= 4 is 17.5 Å². The second kappa shape index (κ2) is 8.08. The molecule has 26 heavy (non-hydrogen) atoms. The van der Waals surface area contributed by atoms with Crippen LogP contribution in [0.2, 0.25) is 0 Å². The third-order valence-corrected chi connectivity index (χ3v) is 5.57. The molecule has 1 N–H and O–H groups in total. The second-order valence-electron chi connectivity index (χ2n) is 7.26. The zero-order chi connectivity index (χ0) is 18.6. The number of anilines is 1. The summed E-state index contributed by atoms with van der Waals surface area (Å²) in [7, 11) is 0. The van der Waals surface area contributed by atoms with Crippen LogP contribution in [0.1, 0.15) is 33.1 Å². The number of ether oxygens (including phenoxy) is 1. The Morgan fingerprint density at radius 2 is 1.96 bits per heavy atom. The van der Waals surface area contributed by atoms with Gasteiger partial charge in [-0.3, -0.25) is 9.59 Å². The molecule has 0 aliphatic carbocycles. The van der Waals surface area contributed by atoms with Crippen molar-refractivity contribution < 1.29 is 14.3 Å². The van der Waals surface area contributed by atoms with Gasteiger partial charge in [-0.25, -0.2) is 0 Å². The Labute approximate surface area is 155 Å². The molecular weight excluding hydrogens is 330 g/mol. The third kappa shape index (κ3) is 4.18. The fourth-order valence-corrected chi connectivity index (χ4v) is 4.12. The van der Waals surface area contributed by atoms with Crippen LogP contribution in [0.3, 0.4) is 0 Å². The average molecular weight is 359 g/mol. The van der Waals surface area contributed by atoms with Crippen molar-refractivity contribution in [3.8, 4) is 0 Å². The monoisotopic (exact) mass is 359 g/mol. The Balaban J connectivity index is 1.55. The Hall–Kier alpha value is -2.08. The van der Waals surface area contributed by atoms with Gasteiger partial charge in [-0.05, 0) is 38.3 Å². The molecule has 3 rings (SSSR count). The number of carbonyl (C=O) groups excluding carboxylic acids is 2. The van der Waals surface area contributed by atoms with Gasteiger partial charge in [0.05, 0.1) is 24.8 Å². The fourth-order valence-electron chi connectivity index (χ4n) is 4.12. The number of rotatable bonds is 5. The van der Waals surface area contributed by atoms with E-state index in [1.165, 1.54) is 12.6 Å². The minimum atomic E-state index is -0.172. The van der Waals surface area contributed by atoms with Crippen LogP contribution in [-0.4, -0.2) is 61.1 Å². The van der Waals surface area contributed by atoms with E-state index in [-0.39, 0.29) is 24.0 Å². The molecule has 142 valence electrons. The fraction of sp³-hybridized carbons (Fsp3) is 0.600. The highest BCUT2D eigenvalue weighted by molar-refractivity contribution is 5.83. The quantitative estimate of drug-likeness (QED) is 0.871. The zero-order valence-corrected chi connectivity index (χ0v) is 15.7. The average Bonchev–Trinajstić information content (AvgIpc) is 3.05. The number of likely N-dealkylation sites (tertiary alicyclic amines) is 1. The van der Waals surface area contributed by atoms with E-state index < -0.39 is 0 Å². The molecule has 0 aromatic heterocycles. The van der Waals surface area contributed by atoms with E-state index in [1.54, 1.807) is 0 Å². The van der Waals surface area contributed by atoms with Crippen molar-refractivity contribution in [2.75, 3.05) is 37.7 Å². The van der Waals surface area contributed by atoms with Crippen LogP contribution in [-0.2, 0) is 14.3 Å². The number of piperidine rings is 1. The predicted octanol–water partition coefficient (Wildman–Crippen LogP) is 1.80. The summed E-state index contributed by atoms with van der Waals surface area (Å²) in [4.78, 5) is 27.4. The predicted molar refractivity (Wildman–Crippen MR) is 101 cm³/mol. The molecule has 6 nitrogen and oxygen atoms in total. The molecule has 2 saturated heterocycles. The number of hydrogen-bond donors (Lipinski definition) is 1. The molecule has 6 heteroatoms. The molecule has 1 spiro atoms. The molecular formula is C20H29N3O3. The van der Waals surface area contributed by atoms with Gasteiger partial charge >= 0.3 is 0 Å². The molecule has 2 aliphatic rings. The minimum absolute atomic E-state index is 0.0101. The first kappa shape index (κ1) is 18.7. The van der Waals surface area contributed by atoms with Gasteiger partial charge in [0.25, 0.3) is 0 Å². The number of nitrogens with zero attached hydrogens (tertiary/aromatic N) is 2. The number of likely N-dealkylation sites (N-methyl/N-ethyl adjacent to an activating group) is 1. The van der Waals surface area contributed by atoms with Gasteiger partial charge in [0.1, 0.15) is 0 Å². The molecule has 0 radical (unpaired) electrons. The maximum Gasteiger partial charge on any atom is 0.241 e. The molecule has 2 amide bonds. The maximum atomic E-state index is 12.2. The molecule has 1 aromatic carbocycles. The Kier molecular flexibility index (Phi) is 5.81. The maximum absolute atomic E-state index is 12.2. The van der Waals surface area contributed by atoms with Crippen molar-refractivity contribution in [3.05, 3.63) is 30.3 Å². The number of nitrogens with one attached hydrogen (secondary N) is 1. The summed E-state index contributed by atoms with van der Waals surface area (Å²) >= 11 is 0. The highest BCUT2D eigenvalue weighted by atomic mass is 16.5. The molecule has 0 bridgehead atoms. The number of para-hydroxylation sites is 1. The van der Waals surface area contributed by atoms with E-state index in [9.17, 15) is 9.59 Å². The summed E-state index contributed by atoms with van der Waals surface area (Å²) in [5.74, 6) is -0.182. The lowest BCUT2D eigenvalue weighted by molar-refractivity contribution is -0.136. The smallest absolute Gasteiger partial charge is 0.241 e. The van der Waals surface area contributed by atoms with Gasteiger partial charge in [-0.2, -0.15) is 0 Å². The van der Waals surface area contributed by atoms with Crippen LogP contribution in [0.15, 0.2) is 30.3 Å². The lowest BCUT2D eigenvalue weighted by Crippen LogP contribution is -2.49. The van der Waals surface area contributed by atoms with Crippen molar-refractivity contribution in [2.24, 2.45) is 0 Å². The molecule has 1 aromatic rings. The highest BCUT2D eigenvalue weighted by Gasteiger charge is 2.44. The number of carbonyl (C=O) groups is 2. The van der Waals surface area contributed by atoms with E-state index in [1.807, 2.05) is 11.0 Å². The van der Waals surface area contributed by atoms with E-state index >= 15 is 0 Å². The molecule has 0 unspecified atom stereocenters. The highest BCUT2D eigenvalue weighted by Crippen LogP contribution is 2.38. The number of benzene rings is 1. The van der Waals surface area contributed by atoms with Gasteiger partial charge in [0.15, 0.2) is 0 Å². The van der Waals surface area contributed by atoms with Gasteiger partial charge in [-0.15, -0.1) is 0 Å². The van der Waals surface area contributed by atoms with Gasteiger partial charge in [-0.1, -0.05) is 18.2 Å².